The number of carbonyl (C=O) groups is 2. The lowest BCUT2D eigenvalue weighted by Crippen LogP contribution is -2.48. The zero-order valence-electron chi connectivity index (χ0n) is 18.8. The van der Waals surface area contributed by atoms with E-state index in [9.17, 15) is 9.59 Å². The maximum Gasteiger partial charge on any atom is 0.257 e. The smallest absolute Gasteiger partial charge is 0.257 e. The number of hydrogen-bond acceptors (Lipinski definition) is 4. The van der Waals surface area contributed by atoms with Gasteiger partial charge in [0.1, 0.15) is 5.52 Å². The number of hydrogen-bond donors (Lipinski definition) is 3. The Morgan fingerprint density at radius 1 is 1.03 bits per heavy atom. The lowest BCUT2D eigenvalue weighted by molar-refractivity contribution is -0.122. The van der Waals surface area contributed by atoms with Crippen LogP contribution in [0.2, 0.25) is 0 Å². The summed E-state index contributed by atoms with van der Waals surface area (Å²) in [7, 11) is 0. The minimum Gasteiger partial charge on any atom is -0.361 e. The molecule has 1 aromatic carbocycles. The number of aromatic nitrogens is 4. The van der Waals surface area contributed by atoms with Crippen LogP contribution in [0.1, 0.15) is 28.8 Å². The number of pyridine rings is 2. The fraction of sp³-hybridized carbons (Fsp3) is 0.185. The molecule has 35 heavy (non-hydrogen) atoms. The monoisotopic (exact) mass is 462 g/mol. The molecule has 8 nitrogen and oxygen atoms in total. The molecule has 0 aliphatic carbocycles. The highest BCUT2D eigenvalue weighted by Crippen LogP contribution is 2.45. The summed E-state index contributed by atoms with van der Waals surface area (Å²) in [6.07, 6.45) is 10.3. The second kappa shape index (κ2) is 7.27. The van der Waals surface area contributed by atoms with Gasteiger partial charge in [0.2, 0.25) is 5.91 Å². The standard InChI is InChI=1S/C27H22N6O2/c34-25(33-9-6-27(7-10-33)20-3-1-2-4-21(20)32-26(27)35)19-15-30-22-11-17(13-31-24(19)22)18-14-28-12-16-5-8-29-23(16)18/h1-5,8,11-15,29-30H,6-7,9-10H2,(H,32,35). The molecule has 0 bridgehead atoms. The third-order valence-corrected chi connectivity index (χ3v) is 7.55. The largest absolute Gasteiger partial charge is 0.361 e. The van der Waals surface area contributed by atoms with Gasteiger partial charge in [-0.2, -0.15) is 0 Å². The fourth-order valence-electron chi connectivity index (χ4n) is 5.65. The number of fused-ring (bicyclic) bond motifs is 4. The van der Waals surface area contributed by atoms with Gasteiger partial charge in [-0.1, -0.05) is 18.2 Å². The van der Waals surface area contributed by atoms with Gasteiger partial charge in [0.25, 0.3) is 5.91 Å². The summed E-state index contributed by atoms with van der Waals surface area (Å²) in [6.45, 7) is 1.04. The van der Waals surface area contributed by atoms with Crippen LogP contribution >= 0.6 is 0 Å². The second-order valence-corrected chi connectivity index (χ2v) is 9.33. The minimum atomic E-state index is -0.548. The van der Waals surface area contributed by atoms with Crippen molar-refractivity contribution in [3.8, 4) is 11.1 Å². The molecule has 1 saturated heterocycles. The third kappa shape index (κ3) is 2.86. The summed E-state index contributed by atoms with van der Waals surface area (Å²) in [5.74, 6) is -0.0233. The van der Waals surface area contributed by atoms with Crippen LogP contribution in [0.4, 0.5) is 5.69 Å². The van der Waals surface area contributed by atoms with Gasteiger partial charge in [-0.05, 0) is 36.6 Å². The highest BCUT2D eigenvalue weighted by Gasteiger charge is 2.48. The summed E-state index contributed by atoms with van der Waals surface area (Å²) in [6, 6.07) is 11.9. The van der Waals surface area contributed by atoms with Crippen molar-refractivity contribution in [1.29, 1.82) is 0 Å². The Kier molecular flexibility index (Phi) is 4.14. The van der Waals surface area contributed by atoms with Crippen LogP contribution in [0.25, 0.3) is 33.1 Å². The van der Waals surface area contributed by atoms with Gasteiger partial charge in [-0.15, -0.1) is 0 Å². The van der Waals surface area contributed by atoms with Crippen molar-refractivity contribution in [2.75, 3.05) is 18.4 Å². The van der Waals surface area contributed by atoms with Crippen LogP contribution in [-0.4, -0.2) is 49.7 Å². The molecule has 0 radical (unpaired) electrons. The number of amides is 2. The molecule has 3 N–H and O–H groups in total. The molecule has 4 aromatic heterocycles. The highest BCUT2D eigenvalue weighted by molar-refractivity contribution is 6.08. The van der Waals surface area contributed by atoms with Crippen LogP contribution in [0.15, 0.2) is 67.4 Å². The molecule has 2 amide bonds. The number of nitrogens with zero attached hydrogens (tertiary/aromatic N) is 3. The van der Waals surface area contributed by atoms with E-state index in [1.165, 1.54) is 0 Å². The molecule has 0 unspecified atom stereocenters. The summed E-state index contributed by atoms with van der Waals surface area (Å²) in [4.78, 5) is 43.6. The van der Waals surface area contributed by atoms with Crippen LogP contribution in [0, 0.1) is 0 Å². The van der Waals surface area contributed by atoms with Crippen LogP contribution in [0.3, 0.4) is 0 Å². The molecule has 2 aliphatic rings. The molecular formula is C27H22N6O2. The molecule has 5 aromatic rings. The zero-order chi connectivity index (χ0) is 23.6. The molecule has 6 heterocycles. The second-order valence-electron chi connectivity index (χ2n) is 9.33. The number of benzene rings is 1. The van der Waals surface area contributed by atoms with Crippen LogP contribution in [0.5, 0.6) is 0 Å². The van der Waals surface area contributed by atoms with E-state index in [0.29, 0.717) is 37.0 Å². The Morgan fingerprint density at radius 2 is 1.89 bits per heavy atom. The summed E-state index contributed by atoms with van der Waals surface area (Å²) >= 11 is 0. The number of rotatable bonds is 2. The number of carbonyl (C=O) groups excluding carboxylic acids is 2. The Hall–Kier alpha value is -4.46. The number of nitrogens with one attached hydrogen (secondary N) is 3. The van der Waals surface area contributed by atoms with Crippen molar-refractivity contribution in [2.45, 2.75) is 18.3 Å². The Bertz CT molecular complexity index is 1640. The molecule has 172 valence electrons. The Labute approximate surface area is 200 Å². The Balaban J connectivity index is 1.16. The SMILES string of the molecule is O=C(c1c[nH]c2cc(-c3cncc4cc[nH]c34)cnc12)N1CCC2(CC1)C(=O)Nc1ccccc12. The molecule has 2 aliphatic heterocycles. The Morgan fingerprint density at radius 3 is 2.77 bits per heavy atom. The summed E-state index contributed by atoms with van der Waals surface area (Å²) in [5.41, 5.74) is 6.27. The number of anilines is 1. The highest BCUT2D eigenvalue weighted by atomic mass is 16.2. The number of piperidine rings is 1. The van der Waals surface area contributed by atoms with Gasteiger partial charge in [0, 0.05) is 66.3 Å². The van der Waals surface area contributed by atoms with Gasteiger partial charge in [0.15, 0.2) is 0 Å². The van der Waals surface area contributed by atoms with Crippen molar-refractivity contribution >= 4 is 39.4 Å². The zero-order valence-corrected chi connectivity index (χ0v) is 18.8. The predicted octanol–water partition coefficient (Wildman–Crippen LogP) is 4.23. The molecule has 1 spiro atoms. The normalized spacial score (nSPS) is 16.7. The summed E-state index contributed by atoms with van der Waals surface area (Å²) in [5, 5.41) is 4.05. The first-order valence-corrected chi connectivity index (χ1v) is 11.7. The molecular weight excluding hydrogens is 440 g/mol. The van der Waals surface area contributed by atoms with Crippen molar-refractivity contribution in [1.82, 2.24) is 24.8 Å². The first-order chi connectivity index (χ1) is 17.1. The lowest BCUT2D eigenvalue weighted by Gasteiger charge is -2.37. The van der Waals surface area contributed by atoms with E-state index >= 15 is 0 Å². The average molecular weight is 463 g/mol. The van der Waals surface area contributed by atoms with E-state index in [0.717, 1.165) is 38.8 Å². The van der Waals surface area contributed by atoms with Gasteiger partial charge in [0.05, 0.1) is 22.0 Å². The van der Waals surface area contributed by atoms with Crippen molar-refractivity contribution in [3.05, 3.63) is 78.5 Å². The third-order valence-electron chi connectivity index (χ3n) is 7.55. The van der Waals surface area contributed by atoms with E-state index in [-0.39, 0.29) is 11.8 Å². The first kappa shape index (κ1) is 20.0. The van der Waals surface area contributed by atoms with Crippen molar-refractivity contribution in [3.63, 3.8) is 0 Å². The number of likely N-dealkylation sites (tertiary alicyclic amines) is 1. The molecule has 7 rings (SSSR count). The average Bonchev–Trinajstić information content (AvgIpc) is 3.61. The van der Waals surface area contributed by atoms with Gasteiger partial charge in [-0.25, -0.2) is 0 Å². The minimum absolute atomic E-state index is 0.0404. The molecule has 1 fully saturated rings. The first-order valence-electron chi connectivity index (χ1n) is 11.7. The van der Waals surface area contributed by atoms with Gasteiger partial charge < -0.3 is 20.2 Å². The van der Waals surface area contributed by atoms with Crippen LogP contribution < -0.4 is 5.32 Å². The quantitative estimate of drug-likeness (QED) is 0.365. The van der Waals surface area contributed by atoms with Crippen molar-refractivity contribution in [2.24, 2.45) is 0 Å². The predicted molar refractivity (Wildman–Crippen MR) is 133 cm³/mol. The lowest BCUT2D eigenvalue weighted by atomic mass is 9.73. The fourth-order valence-corrected chi connectivity index (χ4v) is 5.65. The number of para-hydroxylation sites is 1. The number of H-pyrrole nitrogens is 2. The van der Waals surface area contributed by atoms with Gasteiger partial charge in [-0.3, -0.25) is 19.6 Å². The van der Waals surface area contributed by atoms with E-state index in [2.05, 4.69) is 25.3 Å². The maximum atomic E-state index is 13.5. The van der Waals surface area contributed by atoms with E-state index in [1.807, 2.05) is 59.9 Å². The maximum absolute atomic E-state index is 13.5. The number of aromatic amines is 2. The van der Waals surface area contributed by atoms with E-state index in [1.54, 1.807) is 12.4 Å². The summed E-state index contributed by atoms with van der Waals surface area (Å²) < 4.78 is 0. The molecule has 0 atom stereocenters. The van der Waals surface area contributed by atoms with Gasteiger partial charge >= 0.3 is 0 Å². The molecule has 0 saturated carbocycles. The topological polar surface area (TPSA) is 107 Å². The molecule has 8 heteroatoms. The van der Waals surface area contributed by atoms with Crippen LogP contribution in [-0.2, 0) is 10.2 Å². The van der Waals surface area contributed by atoms with Crippen molar-refractivity contribution < 1.29 is 9.59 Å². The van der Waals surface area contributed by atoms with E-state index < -0.39 is 5.41 Å². The van der Waals surface area contributed by atoms with E-state index in [4.69, 9.17) is 0 Å².